The molecule has 0 aliphatic carbocycles. The van der Waals surface area contributed by atoms with Crippen molar-refractivity contribution in [2.45, 2.75) is 20.1 Å². The second-order valence-electron chi connectivity index (χ2n) is 6.49. The fourth-order valence-electron chi connectivity index (χ4n) is 2.91. The van der Waals surface area contributed by atoms with Crippen molar-refractivity contribution in [2.75, 3.05) is 24.6 Å². The largest absolute Gasteiger partial charge is 0.369 e. The summed E-state index contributed by atoms with van der Waals surface area (Å²) in [4.78, 5) is 14.4. The molecule has 0 fully saturated rings. The summed E-state index contributed by atoms with van der Waals surface area (Å²) in [6.45, 7) is 8.83. The predicted octanol–water partition coefficient (Wildman–Crippen LogP) is 2.13. The summed E-state index contributed by atoms with van der Waals surface area (Å²) in [5.74, 6) is -0.535. The first kappa shape index (κ1) is 22.4. The molecule has 0 saturated carbocycles. The molecule has 1 aromatic rings. The summed E-state index contributed by atoms with van der Waals surface area (Å²) in [7, 11) is 0. The van der Waals surface area contributed by atoms with Crippen LogP contribution in [-0.2, 0) is 9.53 Å². The number of amides is 1. The van der Waals surface area contributed by atoms with E-state index in [4.69, 9.17) is 15.3 Å². The van der Waals surface area contributed by atoms with Crippen LogP contribution in [0.15, 0.2) is 53.3 Å². The predicted molar refractivity (Wildman–Crippen MR) is 110 cm³/mol. The molecule has 1 unspecified atom stereocenters. The van der Waals surface area contributed by atoms with Crippen molar-refractivity contribution in [1.29, 1.82) is 15.8 Å². The zero-order valence-electron chi connectivity index (χ0n) is 16.8. The second-order valence-corrected chi connectivity index (χ2v) is 6.49. The van der Waals surface area contributed by atoms with Gasteiger partial charge in [0.05, 0.1) is 23.5 Å². The van der Waals surface area contributed by atoms with Crippen molar-refractivity contribution in [3.63, 3.8) is 0 Å². The number of nitriles is 3. The molecular weight excluding hydrogens is 382 g/mol. The van der Waals surface area contributed by atoms with Gasteiger partial charge >= 0.3 is 0 Å². The minimum Gasteiger partial charge on any atom is -0.369 e. The Hall–Kier alpha value is -3.90. The van der Waals surface area contributed by atoms with E-state index in [9.17, 15) is 15.2 Å². The number of hydrogen-bond donors (Lipinski definition) is 2. The van der Waals surface area contributed by atoms with Gasteiger partial charge in [0, 0.05) is 18.8 Å². The number of aliphatic hydroxyl groups is 1. The Morgan fingerprint density at radius 2 is 1.90 bits per heavy atom. The third kappa shape index (κ3) is 4.74. The lowest BCUT2D eigenvalue weighted by atomic mass is 9.99. The van der Waals surface area contributed by atoms with Gasteiger partial charge in [-0.1, -0.05) is 18.7 Å². The Labute approximate surface area is 175 Å². The average molecular weight is 403 g/mol. The van der Waals surface area contributed by atoms with Gasteiger partial charge in [-0.3, -0.25) is 4.79 Å². The topological polar surface area (TPSA) is 133 Å². The molecule has 1 aliphatic heterocycles. The summed E-state index contributed by atoms with van der Waals surface area (Å²) < 4.78 is 5.32. The van der Waals surface area contributed by atoms with E-state index in [1.54, 1.807) is 43.3 Å². The Morgan fingerprint density at radius 3 is 2.40 bits per heavy atom. The maximum Gasteiger partial charge on any atom is 0.257 e. The van der Waals surface area contributed by atoms with Crippen LogP contribution in [0.5, 0.6) is 0 Å². The Morgan fingerprint density at radius 1 is 1.27 bits per heavy atom. The molecule has 0 radical (unpaired) electrons. The number of nitrogens with zero attached hydrogens (tertiary/aromatic N) is 4. The van der Waals surface area contributed by atoms with Crippen molar-refractivity contribution < 1.29 is 14.6 Å². The Bertz CT molecular complexity index is 1020. The first-order valence-corrected chi connectivity index (χ1v) is 9.18. The van der Waals surface area contributed by atoms with Crippen molar-refractivity contribution in [3.8, 4) is 18.2 Å². The van der Waals surface area contributed by atoms with Crippen LogP contribution < -0.4 is 10.2 Å². The molecule has 30 heavy (non-hydrogen) atoms. The third-order valence-corrected chi connectivity index (χ3v) is 4.51. The zero-order valence-corrected chi connectivity index (χ0v) is 16.8. The minimum absolute atomic E-state index is 0.0274. The highest BCUT2D eigenvalue weighted by Crippen LogP contribution is 2.31. The standard InChI is InChI=1S/C22H21N5O3/c1-4-27(9-10-30-22(29)14(2)3)17-7-5-15(6-8-17)19-18(13-25)20(26-21(19)28)16(11-23)12-24/h5-8,22,29H,2,4,9-10H2,1,3H3,(H,26,28). The van der Waals surface area contributed by atoms with Gasteiger partial charge in [-0.05, 0) is 37.1 Å². The molecule has 1 atom stereocenters. The summed E-state index contributed by atoms with van der Waals surface area (Å²) in [6.07, 6.45) is -1.00. The lowest BCUT2D eigenvalue weighted by molar-refractivity contribution is -0.114. The maximum absolute atomic E-state index is 12.4. The van der Waals surface area contributed by atoms with Crippen LogP contribution in [0.4, 0.5) is 5.69 Å². The van der Waals surface area contributed by atoms with Gasteiger partial charge in [-0.25, -0.2) is 0 Å². The maximum atomic E-state index is 12.4. The van der Waals surface area contributed by atoms with E-state index in [0.29, 0.717) is 30.8 Å². The van der Waals surface area contributed by atoms with Gasteiger partial charge < -0.3 is 20.1 Å². The molecule has 2 rings (SSSR count). The molecule has 0 aromatic heterocycles. The number of carbonyl (C=O) groups is 1. The molecule has 2 N–H and O–H groups in total. The van der Waals surface area contributed by atoms with Crippen LogP contribution >= 0.6 is 0 Å². The van der Waals surface area contributed by atoms with Crippen LogP contribution in [0, 0.1) is 34.0 Å². The highest BCUT2D eigenvalue weighted by atomic mass is 16.6. The van der Waals surface area contributed by atoms with Gasteiger partial charge in [0.1, 0.15) is 18.2 Å². The molecule has 1 aromatic carbocycles. The van der Waals surface area contributed by atoms with E-state index in [1.807, 2.05) is 17.9 Å². The summed E-state index contributed by atoms with van der Waals surface area (Å²) in [5.41, 5.74) is 1.62. The van der Waals surface area contributed by atoms with Gasteiger partial charge in [-0.2, -0.15) is 15.8 Å². The van der Waals surface area contributed by atoms with Crippen molar-refractivity contribution in [3.05, 3.63) is 58.8 Å². The van der Waals surface area contributed by atoms with Crippen molar-refractivity contribution in [2.24, 2.45) is 0 Å². The SMILES string of the molecule is C=C(C)C(O)OCCN(CC)c1ccc(C2=C(C#N)C(=C(C#N)C#N)NC2=O)cc1. The third-order valence-electron chi connectivity index (χ3n) is 4.51. The first-order valence-electron chi connectivity index (χ1n) is 9.18. The normalized spacial score (nSPS) is 13.7. The summed E-state index contributed by atoms with van der Waals surface area (Å²) in [5, 5.41) is 39.7. The van der Waals surface area contributed by atoms with Crippen molar-refractivity contribution in [1.82, 2.24) is 5.32 Å². The molecule has 1 aliphatic rings. The monoisotopic (exact) mass is 403 g/mol. The quantitative estimate of drug-likeness (QED) is 0.386. The van der Waals surface area contributed by atoms with Gasteiger partial charge in [0.15, 0.2) is 11.9 Å². The number of allylic oxidation sites excluding steroid dienone is 2. The number of hydrogen-bond acceptors (Lipinski definition) is 7. The number of carbonyl (C=O) groups excluding carboxylic acids is 1. The van der Waals surface area contributed by atoms with Crippen LogP contribution in [-0.4, -0.2) is 37.0 Å². The number of nitrogens with one attached hydrogen (secondary N) is 1. The average Bonchev–Trinajstić information content (AvgIpc) is 3.08. The Kier molecular flexibility index (Phi) is 7.50. The number of rotatable bonds is 8. The molecule has 8 heteroatoms. The van der Waals surface area contributed by atoms with Gasteiger partial charge in [-0.15, -0.1) is 0 Å². The summed E-state index contributed by atoms with van der Waals surface area (Å²) >= 11 is 0. The number of benzene rings is 1. The van der Waals surface area contributed by atoms with Crippen LogP contribution in [0.2, 0.25) is 0 Å². The van der Waals surface area contributed by atoms with E-state index in [1.165, 1.54) is 0 Å². The van der Waals surface area contributed by atoms with E-state index >= 15 is 0 Å². The first-order chi connectivity index (χ1) is 14.4. The fraction of sp³-hybridized carbons (Fsp3) is 0.273. The smallest absolute Gasteiger partial charge is 0.257 e. The van der Waals surface area contributed by atoms with Gasteiger partial charge in [0.2, 0.25) is 0 Å². The molecule has 1 heterocycles. The molecule has 1 amide bonds. The van der Waals surface area contributed by atoms with E-state index in [0.717, 1.165) is 5.69 Å². The fourth-order valence-corrected chi connectivity index (χ4v) is 2.91. The van der Waals surface area contributed by atoms with Crippen LogP contribution in [0.3, 0.4) is 0 Å². The number of anilines is 1. The number of aliphatic hydroxyl groups excluding tert-OH is 1. The molecule has 152 valence electrons. The van der Waals surface area contributed by atoms with E-state index in [-0.39, 0.29) is 22.4 Å². The molecule has 0 spiro atoms. The zero-order chi connectivity index (χ0) is 22.3. The minimum atomic E-state index is -1.00. The molecule has 8 nitrogen and oxygen atoms in total. The van der Waals surface area contributed by atoms with E-state index in [2.05, 4.69) is 11.9 Å². The highest BCUT2D eigenvalue weighted by Gasteiger charge is 2.31. The van der Waals surface area contributed by atoms with Gasteiger partial charge in [0.25, 0.3) is 5.91 Å². The Balaban J connectivity index is 2.27. The lowest BCUT2D eigenvalue weighted by Gasteiger charge is -2.24. The lowest BCUT2D eigenvalue weighted by Crippen LogP contribution is -2.29. The number of ether oxygens (including phenoxy) is 1. The van der Waals surface area contributed by atoms with Crippen molar-refractivity contribution >= 4 is 17.2 Å². The van der Waals surface area contributed by atoms with E-state index < -0.39 is 12.2 Å². The second kappa shape index (κ2) is 10.0. The number of likely N-dealkylation sites (N-methyl/N-ethyl adjacent to an activating group) is 1. The van der Waals surface area contributed by atoms with Crippen LogP contribution in [0.1, 0.15) is 19.4 Å². The summed E-state index contributed by atoms with van der Waals surface area (Å²) in [6, 6.07) is 12.3. The molecule has 0 bridgehead atoms. The highest BCUT2D eigenvalue weighted by molar-refractivity contribution is 6.26. The molecule has 0 saturated heterocycles. The molecular formula is C22H21N5O3. The van der Waals surface area contributed by atoms with Crippen LogP contribution in [0.25, 0.3) is 5.57 Å².